The normalized spacial score (nSPS) is 18.0. The highest BCUT2D eigenvalue weighted by Crippen LogP contribution is 2.22. The summed E-state index contributed by atoms with van der Waals surface area (Å²) in [6, 6.07) is 8.25. The molecule has 2 rings (SSSR count). The zero-order valence-electron chi connectivity index (χ0n) is 9.89. The number of nitrogens with one attached hydrogen (secondary N) is 1. The maximum atomic E-state index is 8.64. The van der Waals surface area contributed by atoms with Gasteiger partial charge in [-0.3, -0.25) is 0 Å². The van der Waals surface area contributed by atoms with Crippen LogP contribution in [0.5, 0.6) is 0 Å². The molecule has 1 saturated carbocycles. The van der Waals surface area contributed by atoms with Crippen molar-refractivity contribution < 1.29 is 5.21 Å². The summed E-state index contributed by atoms with van der Waals surface area (Å²) in [7, 11) is 0. The summed E-state index contributed by atoms with van der Waals surface area (Å²) in [6.45, 7) is 0. The third-order valence-corrected chi connectivity index (χ3v) is 3.24. The summed E-state index contributed by atoms with van der Waals surface area (Å²) in [4.78, 5) is 0. The maximum absolute atomic E-state index is 8.64. The van der Waals surface area contributed by atoms with Crippen molar-refractivity contribution >= 4 is 11.5 Å². The Labute approximate surface area is 102 Å². The van der Waals surface area contributed by atoms with Crippen LogP contribution >= 0.6 is 0 Å². The Balaban J connectivity index is 2.05. The Morgan fingerprint density at radius 2 is 2.06 bits per heavy atom. The molecule has 0 aromatic heterocycles. The minimum absolute atomic E-state index is 0.150. The fourth-order valence-corrected chi connectivity index (χ4v) is 2.31. The molecule has 0 bridgehead atoms. The zero-order valence-corrected chi connectivity index (χ0v) is 9.89. The van der Waals surface area contributed by atoms with Gasteiger partial charge in [0.05, 0.1) is 0 Å². The summed E-state index contributed by atoms with van der Waals surface area (Å²) in [6.07, 6.45) is 6.42. The average molecular weight is 233 g/mol. The first-order valence-electron chi connectivity index (χ1n) is 6.14. The zero-order chi connectivity index (χ0) is 12.1. The monoisotopic (exact) mass is 233 g/mol. The van der Waals surface area contributed by atoms with Gasteiger partial charge in [-0.2, -0.15) is 0 Å². The van der Waals surface area contributed by atoms with E-state index in [9.17, 15) is 0 Å². The van der Waals surface area contributed by atoms with Gasteiger partial charge in [-0.1, -0.05) is 36.6 Å². The molecule has 1 fully saturated rings. The summed E-state index contributed by atoms with van der Waals surface area (Å²) in [5.74, 6) is 0.150. The van der Waals surface area contributed by atoms with Crippen molar-refractivity contribution in [1.29, 1.82) is 0 Å². The van der Waals surface area contributed by atoms with Crippen LogP contribution in [0.2, 0.25) is 0 Å². The topological polar surface area (TPSA) is 70.6 Å². The van der Waals surface area contributed by atoms with Crippen LogP contribution in [0.3, 0.4) is 0 Å². The number of amidine groups is 1. The van der Waals surface area contributed by atoms with Crippen molar-refractivity contribution in [1.82, 2.24) is 0 Å². The SMILES string of the molecule is NC(=NO)c1cccc(NC2CCCCC2)c1. The molecule has 0 heterocycles. The van der Waals surface area contributed by atoms with Crippen molar-refractivity contribution in [3.8, 4) is 0 Å². The maximum Gasteiger partial charge on any atom is 0.170 e. The highest BCUT2D eigenvalue weighted by molar-refractivity contribution is 5.97. The Kier molecular flexibility index (Phi) is 3.85. The minimum atomic E-state index is 0.150. The van der Waals surface area contributed by atoms with Gasteiger partial charge < -0.3 is 16.3 Å². The highest BCUT2D eigenvalue weighted by Gasteiger charge is 2.13. The molecule has 4 heteroatoms. The number of rotatable bonds is 3. The molecule has 1 aliphatic rings. The van der Waals surface area contributed by atoms with Gasteiger partial charge in [-0.15, -0.1) is 0 Å². The van der Waals surface area contributed by atoms with Gasteiger partial charge in [-0.05, 0) is 25.0 Å². The van der Waals surface area contributed by atoms with Crippen LogP contribution in [-0.4, -0.2) is 17.1 Å². The standard InChI is InChI=1S/C13H19N3O/c14-13(16-17)10-5-4-8-12(9-10)15-11-6-2-1-3-7-11/h4-5,8-9,11,15,17H,1-3,6-7H2,(H2,14,16). The summed E-state index contributed by atoms with van der Waals surface area (Å²) in [5.41, 5.74) is 7.35. The lowest BCUT2D eigenvalue weighted by Crippen LogP contribution is -2.22. The first-order chi connectivity index (χ1) is 8.29. The molecule has 0 radical (unpaired) electrons. The van der Waals surface area contributed by atoms with Crippen LogP contribution in [0.4, 0.5) is 5.69 Å². The van der Waals surface area contributed by atoms with E-state index in [4.69, 9.17) is 10.9 Å². The van der Waals surface area contributed by atoms with E-state index in [0.717, 1.165) is 11.3 Å². The van der Waals surface area contributed by atoms with Crippen molar-refractivity contribution in [2.45, 2.75) is 38.1 Å². The molecule has 4 nitrogen and oxygen atoms in total. The first-order valence-corrected chi connectivity index (χ1v) is 6.14. The highest BCUT2D eigenvalue weighted by atomic mass is 16.4. The quantitative estimate of drug-likeness (QED) is 0.325. The van der Waals surface area contributed by atoms with Gasteiger partial charge in [0, 0.05) is 17.3 Å². The predicted octanol–water partition coefficient (Wildman–Crippen LogP) is 2.53. The molecule has 4 N–H and O–H groups in total. The predicted molar refractivity (Wildman–Crippen MR) is 69.4 cm³/mol. The molecule has 0 aliphatic heterocycles. The van der Waals surface area contributed by atoms with Crippen LogP contribution in [-0.2, 0) is 0 Å². The number of anilines is 1. The van der Waals surface area contributed by atoms with Crippen LogP contribution < -0.4 is 11.1 Å². The van der Waals surface area contributed by atoms with E-state index in [-0.39, 0.29) is 5.84 Å². The van der Waals surface area contributed by atoms with Crippen LogP contribution in [0.1, 0.15) is 37.7 Å². The van der Waals surface area contributed by atoms with Crippen LogP contribution in [0.25, 0.3) is 0 Å². The van der Waals surface area contributed by atoms with E-state index >= 15 is 0 Å². The first kappa shape index (κ1) is 11.8. The molecule has 0 unspecified atom stereocenters. The van der Waals surface area contributed by atoms with E-state index < -0.39 is 0 Å². The van der Waals surface area contributed by atoms with Crippen molar-refractivity contribution in [2.75, 3.05) is 5.32 Å². The molecule has 0 spiro atoms. The molecular weight excluding hydrogens is 214 g/mol. The molecule has 17 heavy (non-hydrogen) atoms. The molecule has 92 valence electrons. The van der Waals surface area contributed by atoms with Gasteiger partial charge in [0.15, 0.2) is 5.84 Å². The van der Waals surface area contributed by atoms with E-state index in [1.807, 2.05) is 24.3 Å². The van der Waals surface area contributed by atoms with Gasteiger partial charge in [0.2, 0.25) is 0 Å². The molecule has 0 amide bonds. The number of nitrogens with two attached hydrogens (primary N) is 1. The third-order valence-electron chi connectivity index (χ3n) is 3.24. The molecule has 1 aromatic rings. The molecule has 1 aromatic carbocycles. The van der Waals surface area contributed by atoms with Crippen LogP contribution in [0.15, 0.2) is 29.4 Å². The van der Waals surface area contributed by atoms with Crippen LogP contribution in [0, 0.1) is 0 Å². The summed E-state index contributed by atoms with van der Waals surface area (Å²) >= 11 is 0. The fraction of sp³-hybridized carbons (Fsp3) is 0.462. The number of nitrogens with zero attached hydrogens (tertiary/aromatic N) is 1. The molecule has 0 atom stereocenters. The van der Waals surface area contributed by atoms with Crippen molar-refractivity contribution in [2.24, 2.45) is 10.9 Å². The van der Waals surface area contributed by atoms with Gasteiger partial charge >= 0.3 is 0 Å². The lowest BCUT2D eigenvalue weighted by molar-refractivity contribution is 0.318. The molecular formula is C13H19N3O. The average Bonchev–Trinajstić information content (AvgIpc) is 2.39. The fourth-order valence-electron chi connectivity index (χ4n) is 2.31. The minimum Gasteiger partial charge on any atom is -0.409 e. The largest absolute Gasteiger partial charge is 0.409 e. The Bertz CT molecular complexity index is 397. The van der Waals surface area contributed by atoms with E-state index in [2.05, 4.69) is 10.5 Å². The van der Waals surface area contributed by atoms with Crippen molar-refractivity contribution in [3.05, 3.63) is 29.8 Å². The van der Waals surface area contributed by atoms with Gasteiger partial charge in [0.25, 0.3) is 0 Å². The molecule has 0 saturated heterocycles. The van der Waals surface area contributed by atoms with E-state index in [1.165, 1.54) is 32.1 Å². The molecule has 1 aliphatic carbocycles. The van der Waals surface area contributed by atoms with Gasteiger partial charge in [0.1, 0.15) is 0 Å². The second kappa shape index (κ2) is 5.57. The lowest BCUT2D eigenvalue weighted by Gasteiger charge is -2.24. The van der Waals surface area contributed by atoms with E-state index in [0.29, 0.717) is 6.04 Å². The second-order valence-electron chi connectivity index (χ2n) is 4.55. The lowest BCUT2D eigenvalue weighted by atomic mass is 9.95. The smallest absolute Gasteiger partial charge is 0.170 e. The number of hydrogen-bond donors (Lipinski definition) is 3. The number of oxime groups is 1. The third kappa shape index (κ3) is 3.12. The summed E-state index contributed by atoms with van der Waals surface area (Å²) in [5, 5.41) is 15.2. The number of hydrogen-bond acceptors (Lipinski definition) is 3. The second-order valence-corrected chi connectivity index (χ2v) is 4.55. The Morgan fingerprint density at radius 1 is 1.29 bits per heavy atom. The number of benzene rings is 1. The Morgan fingerprint density at radius 3 is 2.76 bits per heavy atom. The van der Waals surface area contributed by atoms with E-state index in [1.54, 1.807) is 0 Å². The summed E-state index contributed by atoms with van der Waals surface area (Å²) < 4.78 is 0. The Hall–Kier alpha value is -1.71. The van der Waals surface area contributed by atoms with Gasteiger partial charge in [-0.25, -0.2) is 0 Å². The van der Waals surface area contributed by atoms with Crippen molar-refractivity contribution in [3.63, 3.8) is 0 Å².